The number of alkyl halides is 3. The van der Waals surface area contributed by atoms with Gasteiger partial charge in [0.25, 0.3) is 0 Å². The van der Waals surface area contributed by atoms with Crippen LogP contribution >= 0.6 is 11.3 Å². The van der Waals surface area contributed by atoms with Gasteiger partial charge in [0.1, 0.15) is 16.7 Å². The van der Waals surface area contributed by atoms with Crippen LogP contribution in [0.25, 0.3) is 10.3 Å². The van der Waals surface area contributed by atoms with E-state index in [1.54, 1.807) is 0 Å². The van der Waals surface area contributed by atoms with E-state index >= 15 is 0 Å². The molecule has 3 heterocycles. The molecule has 5 rings (SSSR count). The second kappa shape index (κ2) is 9.88. The Morgan fingerprint density at radius 1 is 1.06 bits per heavy atom. The fraction of sp³-hybridized carbons (Fsp3) is 0.320. The number of ether oxygens (including phenoxy) is 1. The number of rotatable bonds is 6. The predicted molar refractivity (Wildman–Crippen MR) is 130 cm³/mol. The molecule has 1 atom stereocenters. The number of nitrogens with one attached hydrogen (secondary N) is 1. The van der Waals surface area contributed by atoms with Gasteiger partial charge in [0, 0.05) is 31.2 Å². The second-order valence-electron chi connectivity index (χ2n) is 8.38. The van der Waals surface area contributed by atoms with E-state index in [4.69, 9.17) is 9.72 Å². The molecule has 1 fully saturated rings. The lowest BCUT2D eigenvalue weighted by molar-refractivity contribution is -0.137. The van der Waals surface area contributed by atoms with E-state index in [9.17, 15) is 13.2 Å². The van der Waals surface area contributed by atoms with Crippen LogP contribution in [0, 0.1) is 0 Å². The predicted octanol–water partition coefficient (Wildman–Crippen LogP) is 5.83. The molecule has 2 aromatic heterocycles. The summed E-state index contributed by atoms with van der Waals surface area (Å²) in [5, 5.41) is 3.98. The first-order valence-corrected chi connectivity index (χ1v) is 12.1. The first kappa shape index (κ1) is 23.7. The number of morpholine rings is 1. The Balaban J connectivity index is 1.38. The van der Waals surface area contributed by atoms with Gasteiger partial charge in [-0.3, -0.25) is 4.90 Å². The quantitative estimate of drug-likeness (QED) is 0.360. The lowest BCUT2D eigenvalue weighted by atomic mass is 9.98. The van der Waals surface area contributed by atoms with Crippen LogP contribution in [0.2, 0.25) is 0 Å². The molecule has 0 saturated carbocycles. The average molecular weight is 500 g/mol. The van der Waals surface area contributed by atoms with Crippen molar-refractivity contribution in [1.82, 2.24) is 19.9 Å². The Labute approximate surface area is 204 Å². The summed E-state index contributed by atoms with van der Waals surface area (Å²) in [6.45, 7) is 5.53. The molecule has 1 unspecified atom stereocenters. The zero-order valence-electron chi connectivity index (χ0n) is 19.0. The minimum absolute atomic E-state index is 0.265. The summed E-state index contributed by atoms with van der Waals surface area (Å²) in [6.07, 6.45) is -2.28. The molecule has 10 heteroatoms. The van der Waals surface area contributed by atoms with Crippen LogP contribution in [-0.4, -0.2) is 46.2 Å². The number of anilines is 2. The number of fused-ring (bicyclic) bond motifs is 1. The first-order chi connectivity index (χ1) is 16.9. The highest BCUT2D eigenvalue weighted by atomic mass is 32.1. The van der Waals surface area contributed by atoms with E-state index in [2.05, 4.69) is 45.3 Å². The summed E-state index contributed by atoms with van der Waals surface area (Å²) in [4.78, 5) is 16.6. The third kappa shape index (κ3) is 5.29. The first-order valence-electron chi connectivity index (χ1n) is 11.3. The van der Waals surface area contributed by atoms with E-state index < -0.39 is 11.7 Å². The van der Waals surface area contributed by atoms with Crippen molar-refractivity contribution in [1.29, 1.82) is 0 Å². The van der Waals surface area contributed by atoms with Crippen molar-refractivity contribution in [3.05, 3.63) is 76.6 Å². The van der Waals surface area contributed by atoms with Gasteiger partial charge >= 0.3 is 6.18 Å². The van der Waals surface area contributed by atoms with Crippen molar-refractivity contribution >= 4 is 33.2 Å². The largest absolute Gasteiger partial charge is 0.416 e. The highest BCUT2D eigenvalue weighted by Gasteiger charge is 2.30. The molecule has 35 heavy (non-hydrogen) atoms. The molecule has 0 bridgehead atoms. The normalized spacial score (nSPS) is 15.9. The zero-order chi connectivity index (χ0) is 24.4. The average Bonchev–Trinajstić information content (AvgIpc) is 3.28. The van der Waals surface area contributed by atoms with Crippen LogP contribution in [0.15, 0.2) is 54.9 Å². The van der Waals surface area contributed by atoms with E-state index in [0.29, 0.717) is 23.4 Å². The lowest BCUT2D eigenvalue weighted by Crippen LogP contribution is -2.38. The fourth-order valence-electron chi connectivity index (χ4n) is 4.27. The minimum Gasteiger partial charge on any atom is -0.379 e. The van der Waals surface area contributed by atoms with Gasteiger partial charge in [-0.05, 0) is 42.3 Å². The van der Waals surface area contributed by atoms with Crippen molar-refractivity contribution < 1.29 is 17.9 Å². The van der Waals surface area contributed by atoms with Gasteiger partial charge in [0.2, 0.25) is 0 Å². The Morgan fingerprint density at radius 2 is 1.80 bits per heavy atom. The zero-order valence-corrected chi connectivity index (χ0v) is 19.9. The van der Waals surface area contributed by atoms with E-state index in [0.717, 1.165) is 48.3 Å². The molecule has 6 nitrogen and oxygen atoms in total. The van der Waals surface area contributed by atoms with Crippen molar-refractivity contribution in [2.45, 2.75) is 25.6 Å². The van der Waals surface area contributed by atoms with Gasteiger partial charge in [-0.25, -0.2) is 15.0 Å². The van der Waals surface area contributed by atoms with Gasteiger partial charge < -0.3 is 10.1 Å². The number of thiazole rings is 1. The van der Waals surface area contributed by atoms with Crippen LogP contribution in [0.1, 0.15) is 34.7 Å². The Morgan fingerprint density at radius 3 is 2.54 bits per heavy atom. The number of benzene rings is 2. The van der Waals surface area contributed by atoms with Crippen LogP contribution in [0.5, 0.6) is 0 Å². The SMILES string of the molecule is CC(c1ccccc1Cc1nc2c(Nc3ccc(C(F)(F)F)cc3)ncnc2s1)N1CCOCC1. The van der Waals surface area contributed by atoms with Gasteiger partial charge in [0.05, 0.1) is 23.8 Å². The van der Waals surface area contributed by atoms with Crippen molar-refractivity contribution in [2.24, 2.45) is 0 Å². The lowest BCUT2D eigenvalue weighted by Gasteiger charge is -2.33. The molecule has 182 valence electrons. The van der Waals surface area contributed by atoms with Gasteiger partial charge in [-0.15, -0.1) is 0 Å². The minimum atomic E-state index is -4.37. The van der Waals surface area contributed by atoms with Crippen LogP contribution in [-0.2, 0) is 17.3 Å². The van der Waals surface area contributed by atoms with Crippen molar-refractivity contribution in [3.63, 3.8) is 0 Å². The fourth-order valence-corrected chi connectivity index (χ4v) is 5.20. The molecule has 1 aliphatic heterocycles. The molecular weight excluding hydrogens is 475 g/mol. The van der Waals surface area contributed by atoms with Gasteiger partial charge in [-0.1, -0.05) is 35.6 Å². The standard InChI is InChI=1S/C25H24F3N5OS/c1-16(33-10-12-34-13-11-33)20-5-3-2-4-17(20)14-21-32-22-23(29-15-30-24(22)35-21)31-19-8-6-18(7-9-19)25(26,27)28/h2-9,15-16H,10-14H2,1H3,(H,29,30,31). The maximum atomic E-state index is 12.9. The van der Waals surface area contributed by atoms with Crippen LogP contribution in [0.4, 0.5) is 24.7 Å². The summed E-state index contributed by atoms with van der Waals surface area (Å²) < 4.78 is 44.1. The van der Waals surface area contributed by atoms with Crippen LogP contribution < -0.4 is 5.32 Å². The Kier molecular flexibility index (Phi) is 6.68. The number of halogens is 3. The van der Waals surface area contributed by atoms with Gasteiger partial charge in [0.15, 0.2) is 5.82 Å². The third-order valence-corrected chi connectivity index (χ3v) is 7.12. The third-order valence-electron chi connectivity index (χ3n) is 6.15. The number of hydrogen-bond acceptors (Lipinski definition) is 7. The molecule has 1 saturated heterocycles. The maximum Gasteiger partial charge on any atom is 0.416 e. The topological polar surface area (TPSA) is 63.2 Å². The summed E-state index contributed by atoms with van der Waals surface area (Å²) >= 11 is 1.49. The molecular formula is C25H24F3N5OS. The molecule has 1 N–H and O–H groups in total. The summed E-state index contributed by atoms with van der Waals surface area (Å²) in [7, 11) is 0. The monoisotopic (exact) mass is 499 g/mol. The smallest absolute Gasteiger partial charge is 0.379 e. The highest BCUT2D eigenvalue weighted by Crippen LogP contribution is 2.33. The number of hydrogen-bond donors (Lipinski definition) is 1. The molecule has 0 amide bonds. The molecule has 0 spiro atoms. The van der Waals surface area contributed by atoms with Crippen molar-refractivity contribution in [2.75, 3.05) is 31.6 Å². The van der Waals surface area contributed by atoms with Gasteiger partial charge in [-0.2, -0.15) is 13.2 Å². The molecule has 0 radical (unpaired) electrons. The number of nitrogens with zero attached hydrogens (tertiary/aromatic N) is 4. The summed E-state index contributed by atoms with van der Waals surface area (Å²) in [6, 6.07) is 13.5. The van der Waals surface area contributed by atoms with E-state index in [1.165, 1.54) is 40.9 Å². The molecule has 4 aromatic rings. The Hall–Kier alpha value is -3.08. The molecule has 2 aromatic carbocycles. The summed E-state index contributed by atoms with van der Waals surface area (Å²) in [5.74, 6) is 0.465. The summed E-state index contributed by atoms with van der Waals surface area (Å²) in [5.41, 5.74) is 2.87. The molecule has 1 aliphatic rings. The number of aromatic nitrogens is 3. The van der Waals surface area contributed by atoms with Crippen molar-refractivity contribution in [3.8, 4) is 0 Å². The van der Waals surface area contributed by atoms with E-state index in [-0.39, 0.29) is 6.04 Å². The van der Waals surface area contributed by atoms with E-state index in [1.807, 2.05) is 6.07 Å². The Bertz CT molecular complexity index is 1300. The molecule has 0 aliphatic carbocycles. The second-order valence-corrected chi connectivity index (χ2v) is 9.45. The highest BCUT2D eigenvalue weighted by molar-refractivity contribution is 7.18. The van der Waals surface area contributed by atoms with Crippen LogP contribution in [0.3, 0.4) is 0 Å². The maximum absolute atomic E-state index is 12.9.